The minimum absolute atomic E-state index is 0.169. The van der Waals surface area contributed by atoms with E-state index in [2.05, 4.69) is 10.6 Å². The number of rotatable bonds is 5. The van der Waals surface area contributed by atoms with Gasteiger partial charge in [-0.05, 0) is 30.7 Å². The number of carbonyl (C=O) groups is 1. The van der Waals surface area contributed by atoms with Gasteiger partial charge in [0.05, 0.1) is 23.8 Å². The van der Waals surface area contributed by atoms with Gasteiger partial charge in [-0.3, -0.25) is 10.1 Å². The molecule has 0 aliphatic rings. The zero-order valence-electron chi connectivity index (χ0n) is 13.1. The van der Waals surface area contributed by atoms with Gasteiger partial charge in [-0.25, -0.2) is 9.18 Å². The molecule has 0 aliphatic carbocycles. The second kappa shape index (κ2) is 7.40. The predicted octanol–water partition coefficient (Wildman–Crippen LogP) is 3.63. The van der Waals surface area contributed by atoms with Gasteiger partial charge in [0.2, 0.25) is 0 Å². The lowest BCUT2D eigenvalue weighted by molar-refractivity contribution is -0.384. The van der Waals surface area contributed by atoms with Crippen LogP contribution in [-0.2, 0) is 0 Å². The van der Waals surface area contributed by atoms with Crippen molar-refractivity contribution in [1.29, 1.82) is 0 Å². The van der Waals surface area contributed by atoms with Gasteiger partial charge in [0, 0.05) is 12.1 Å². The summed E-state index contributed by atoms with van der Waals surface area (Å²) in [4.78, 5) is 22.4. The number of nitro groups is 1. The fourth-order valence-corrected chi connectivity index (χ4v) is 2.10. The highest BCUT2D eigenvalue weighted by atomic mass is 19.1. The van der Waals surface area contributed by atoms with Crippen LogP contribution in [0.1, 0.15) is 18.5 Å². The van der Waals surface area contributed by atoms with Crippen LogP contribution in [0, 0.1) is 15.9 Å². The van der Waals surface area contributed by atoms with Crippen LogP contribution in [0.2, 0.25) is 0 Å². The van der Waals surface area contributed by atoms with Gasteiger partial charge in [-0.1, -0.05) is 12.1 Å². The van der Waals surface area contributed by atoms with Gasteiger partial charge in [-0.15, -0.1) is 0 Å². The van der Waals surface area contributed by atoms with Crippen molar-refractivity contribution in [2.75, 3.05) is 12.4 Å². The van der Waals surface area contributed by atoms with Gasteiger partial charge >= 0.3 is 6.03 Å². The molecule has 2 aromatic rings. The fourth-order valence-electron chi connectivity index (χ4n) is 2.10. The molecule has 0 heterocycles. The summed E-state index contributed by atoms with van der Waals surface area (Å²) in [6.45, 7) is 1.73. The molecule has 1 atom stereocenters. The minimum atomic E-state index is -0.566. The molecule has 2 rings (SSSR count). The van der Waals surface area contributed by atoms with Gasteiger partial charge in [-0.2, -0.15) is 0 Å². The summed E-state index contributed by atoms with van der Waals surface area (Å²) in [6, 6.07) is 8.68. The van der Waals surface area contributed by atoms with Crippen molar-refractivity contribution >= 4 is 17.4 Å². The summed E-state index contributed by atoms with van der Waals surface area (Å²) in [5, 5.41) is 16.0. The smallest absolute Gasteiger partial charge is 0.319 e. The molecule has 0 aliphatic heterocycles. The molecule has 0 saturated heterocycles. The third-order valence-electron chi connectivity index (χ3n) is 3.36. The zero-order chi connectivity index (χ0) is 17.7. The van der Waals surface area contributed by atoms with Crippen LogP contribution < -0.4 is 15.4 Å². The Morgan fingerprint density at radius 3 is 2.50 bits per heavy atom. The van der Waals surface area contributed by atoms with Crippen LogP contribution in [0.3, 0.4) is 0 Å². The Morgan fingerprint density at radius 1 is 1.25 bits per heavy atom. The Morgan fingerprint density at radius 2 is 1.92 bits per heavy atom. The number of benzene rings is 2. The van der Waals surface area contributed by atoms with Gasteiger partial charge in [0.15, 0.2) is 0 Å². The number of hydrogen-bond acceptors (Lipinski definition) is 4. The maximum atomic E-state index is 12.9. The molecule has 0 saturated carbocycles. The molecule has 0 aromatic heterocycles. The Balaban J connectivity index is 2.10. The molecular weight excluding hydrogens is 317 g/mol. The summed E-state index contributed by atoms with van der Waals surface area (Å²) in [5.74, 6) is -0.0677. The molecule has 0 spiro atoms. The van der Waals surface area contributed by atoms with Crippen molar-refractivity contribution in [3.05, 3.63) is 64.0 Å². The molecule has 2 aromatic carbocycles. The topological polar surface area (TPSA) is 93.5 Å². The SMILES string of the molecule is COc1ccc([N+](=O)[O-])cc1NC(=O)N[C@H](C)c1ccc(F)cc1. The van der Waals surface area contributed by atoms with Crippen LogP contribution >= 0.6 is 0 Å². The fraction of sp³-hybridized carbons (Fsp3) is 0.188. The first-order chi connectivity index (χ1) is 11.4. The van der Waals surface area contributed by atoms with Gasteiger partial charge in [0.25, 0.3) is 5.69 Å². The number of ether oxygens (including phenoxy) is 1. The number of methoxy groups -OCH3 is 1. The minimum Gasteiger partial charge on any atom is -0.495 e. The lowest BCUT2D eigenvalue weighted by atomic mass is 10.1. The number of halogens is 1. The summed E-state index contributed by atoms with van der Waals surface area (Å²) in [6.07, 6.45) is 0. The lowest BCUT2D eigenvalue weighted by Crippen LogP contribution is -2.31. The second-order valence-corrected chi connectivity index (χ2v) is 5.01. The monoisotopic (exact) mass is 333 g/mol. The van der Waals surface area contributed by atoms with Crippen molar-refractivity contribution < 1.29 is 18.8 Å². The standard InChI is InChI=1S/C16H16FN3O4/c1-10(11-3-5-12(17)6-4-11)18-16(21)19-14-9-13(20(22)23)7-8-15(14)24-2/h3-10H,1-2H3,(H2,18,19,21)/t10-/m1/s1. The normalized spacial score (nSPS) is 11.5. The zero-order valence-corrected chi connectivity index (χ0v) is 13.1. The van der Waals surface area contributed by atoms with E-state index >= 15 is 0 Å². The maximum Gasteiger partial charge on any atom is 0.319 e. The van der Waals surface area contributed by atoms with E-state index in [1.165, 1.54) is 37.4 Å². The average molecular weight is 333 g/mol. The third kappa shape index (κ3) is 4.19. The van der Waals surface area contributed by atoms with Crippen molar-refractivity contribution in [3.63, 3.8) is 0 Å². The maximum absolute atomic E-state index is 12.9. The van der Waals surface area contributed by atoms with E-state index in [1.807, 2.05) is 0 Å². The Labute approximate surface area is 137 Å². The quantitative estimate of drug-likeness (QED) is 0.645. The Hall–Kier alpha value is -3.16. The van der Waals surface area contributed by atoms with Crippen LogP contribution in [0.25, 0.3) is 0 Å². The molecule has 0 radical (unpaired) electrons. The first-order valence-corrected chi connectivity index (χ1v) is 7.06. The number of nitrogens with one attached hydrogen (secondary N) is 2. The number of non-ortho nitro benzene ring substituents is 1. The number of anilines is 1. The molecule has 8 heteroatoms. The van der Waals surface area contributed by atoms with Crippen molar-refractivity contribution in [3.8, 4) is 5.75 Å². The van der Waals surface area contributed by atoms with E-state index < -0.39 is 11.0 Å². The molecule has 24 heavy (non-hydrogen) atoms. The van der Waals surface area contributed by atoms with E-state index in [0.29, 0.717) is 5.75 Å². The van der Waals surface area contributed by atoms with E-state index in [4.69, 9.17) is 4.74 Å². The highest BCUT2D eigenvalue weighted by Crippen LogP contribution is 2.28. The molecule has 2 amide bonds. The van der Waals surface area contributed by atoms with Crippen molar-refractivity contribution in [1.82, 2.24) is 5.32 Å². The van der Waals surface area contributed by atoms with Crippen molar-refractivity contribution in [2.45, 2.75) is 13.0 Å². The third-order valence-corrected chi connectivity index (χ3v) is 3.36. The van der Waals surface area contributed by atoms with Crippen molar-refractivity contribution in [2.24, 2.45) is 0 Å². The average Bonchev–Trinajstić information content (AvgIpc) is 2.55. The van der Waals surface area contributed by atoms with E-state index in [-0.39, 0.29) is 23.2 Å². The van der Waals surface area contributed by atoms with E-state index in [0.717, 1.165) is 5.56 Å². The molecule has 0 bridgehead atoms. The molecule has 7 nitrogen and oxygen atoms in total. The largest absolute Gasteiger partial charge is 0.495 e. The van der Waals surface area contributed by atoms with Crippen LogP contribution in [-0.4, -0.2) is 18.1 Å². The number of nitrogens with zero attached hydrogens (tertiary/aromatic N) is 1. The highest BCUT2D eigenvalue weighted by molar-refractivity contribution is 5.91. The second-order valence-electron chi connectivity index (χ2n) is 5.01. The lowest BCUT2D eigenvalue weighted by Gasteiger charge is -2.16. The Bertz CT molecular complexity index is 749. The summed E-state index contributed by atoms with van der Waals surface area (Å²) >= 11 is 0. The Kier molecular flexibility index (Phi) is 5.31. The molecule has 2 N–H and O–H groups in total. The summed E-state index contributed by atoms with van der Waals surface area (Å²) in [5.41, 5.74) is 0.728. The molecule has 126 valence electrons. The molecule has 0 unspecified atom stereocenters. The van der Waals surface area contributed by atoms with E-state index in [9.17, 15) is 19.3 Å². The first-order valence-electron chi connectivity index (χ1n) is 7.06. The van der Waals surface area contributed by atoms with Crippen LogP contribution in [0.15, 0.2) is 42.5 Å². The van der Waals surface area contributed by atoms with Crippen LogP contribution in [0.5, 0.6) is 5.75 Å². The predicted molar refractivity (Wildman–Crippen MR) is 86.6 cm³/mol. The number of hydrogen-bond donors (Lipinski definition) is 2. The van der Waals surface area contributed by atoms with Crippen LogP contribution in [0.4, 0.5) is 20.6 Å². The summed E-state index contributed by atoms with van der Waals surface area (Å²) in [7, 11) is 1.39. The number of nitro benzene ring substituents is 1. The number of amides is 2. The molecular formula is C16H16FN3O4. The molecule has 0 fully saturated rings. The van der Waals surface area contributed by atoms with Gasteiger partial charge in [0.1, 0.15) is 11.6 Å². The van der Waals surface area contributed by atoms with Gasteiger partial charge < -0.3 is 15.4 Å². The first kappa shape index (κ1) is 17.2. The number of carbonyl (C=O) groups excluding carboxylic acids is 1. The highest BCUT2D eigenvalue weighted by Gasteiger charge is 2.15. The summed E-state index contributed by atoms with van der Waals surface area (Å²) < 4.78 is 18.0. The number of urea groups is 1. The van der Waals surface area contributed by atoms with E-state index in [1.54, 1.807) is 19.1 Å².